The Morgan fingerprint density at radius 2 is 2.17 bits per heavy atom. The van der Waals surface area contributed by atoms with Crippen LogP contribution in [0.5, 0.6) is 0 Å². The molecule has 1 aromatic heterocycles. The Kier molecular flexibility index (Phi) is 5.08. The van der Waals surface area contributed by atoms with Gasteiger partial charge in [-0.3, -0.25) is 4.79 Å². The first-order valence-corrected chi connectivity index (χ1v) is 6.61. The fourth-order valence-corrected chi connectivity index (χ4v) is 2.26. The summed E-state index contributed by atoms with van der Waals surface area (Å²) in [6, 6.07) is 4.11. The lowest BCUT2D eigenvalue weighted by Gasteiger charge is -2.22. The zero-order valence-corrected chi connectivity index (χ0v) is 10.6. The van der Waals surface area contributed by atoms with Gasteiger partial charge in [0.15, 0.2) is 0 Å². The summed E-state index contributed by atoms with van der Waals surface area (Å²) in [6.07, 6.45) is 7.65. The maximum absolute atomic E-state index is 11.7. The molecule has 0 bridgehead atoms. The minimum Gasteiger partial charge on any atom is -0.352 e. The van der Waals surface area contributed by atoms with Crippen LogP contribution in [0.2, 0.25) is 0 Å². The fourth-order valence-electron chi connectivity index (χ4n) is 2.26. The van der Waals surface area contributed by atoms with Gasteiger partial charge >= 0.3 is 0 Å². The molecule has 18 heavy (non-hydrogen) atoms. The molecule has 1 amide bonds. The summed E-state index contributed by atoms with van der Waals surface area (Å²) in [5.74, 6) is 0.0748. The molecule has 0 spiro atoms. The fraction of sp³-hybridized carbons (Fsp3) is 0.615. The van der Waals surface area contributed by atoms with E-state index >= 15 is 0 Å². The van der Waals surface area contributed by atoms with Crippen LogP contribution in [0.25, 0.3) is 0 Å². The lowest BCUT2D eigenvalue weighted by atomic mass is 9.95. The van der Waals surface area contributed by atoms with E-state index in [1.807, 2.05) is 12.1 Å². The number of aromatic nitrogens is 2. The van der Waals surface area contributed by atoms with Gasteiger partial charge < -0.3 is 10.6 Å². The van der Waals surface area contributed by atoms with Crippen LogP contribution >= 0.6 is 0 Å². The molecule has 0 unspecified atom stereocenters. The smallest absolute Gasteiger partial charge is 0.234 e. The summed E-state index contributed by atoms with van der Waals surface area (Å²) >= 11 is 0. The van der Waals surface area contributed by atoms with Crippen molar-refractivity contribution in [1.29, 1.82) is 0 Å². The van der Waals surface area contributed by atoms with Crippen LogP contribution in [0.4, 0.5) is 0 Å². The predicted octanol–water partition coefficient (Wildman–Crippen LogP) is 1.02. The Bertz CT molecular complexity index is 363. The number of rotatable bonds is 5. The van der Waals surface area contributed by atoms with Crippen molar-refractivity contribution in [3.8, 4) is 0 Å². The summed E-state index contributed by atoms with van der Waals surface area (Å²) in [5, 5.41) is 13.9. The number of carbonyl (C=O) groups is 1. The molecule has 1 aliphatic rings. The predicted molar refractivity (Wildman–Crippen MR) is 68.8 cm³/mol. The van der Waals surface area contributed by atoms with Gasteiger partial charge in [-0.05, 0) is 25.0 Å². The van der Waals surface area contributed by atoms with Crippen molar-refractivity contribution in [2.75, 3.05) is 6.54 Å². The highest BCUT2D eigenvalue weighted by molar-refractivity contribution is 5.78. The van der Waals surface area contributed by atoms with Crippen LogP contribution in [0, 0.1) is 0 Å². The van der Waals surface area contributed by atoms with Gasteiger partial charge in [-0.2, -0.15) is 10.2 Å². The van der Waals surface area contributed by atoms with Gasteiger partial charge in [0, 0.05) is 18.8 Å². The summed E-state index contributed by atoms with van der Waals surface area (Å²) in [6.45, 7) is 0.916. The Morgan fingerprint density at radius 3 is 2.89 bits per heavy atom. The van der Waals surface area contributed by atoms with Crippen molar-refractivity contribution in [2.45, 2.75) is 44.7 Å². The van der Waals surface area contributed by atoms with Gasteiger partial charge in [-0.1, -0.05) is 19.3 Å². The Balaban J connectivity index is 1.62. The molecule has 2 rings (SSSR count). The Hall–Kier alpha value is -1.49. The Labute approximate surface area is 107 Å². The molecule has 1 fully saturated rings. The zero-order chi connectivity index (χ0) is 12.6. The van der Waals surface area contributed by atoms with Crippen molar-refractivity contribution in [3.05, 3.63) is 24.0 Å². The molecule has 2 N–H and O–H groups in total. The third-order valence-electron chi connectivity index (χ3n) is 3.19. The van der Waals surface area contributed by atoms with E-state index < -0.39 is 0 Å². The first-order chi connectivity index (χ1) is 8.84. The molecule has 1 saturated carbocycles. The van der Waals surface area contributed by atoms with Crippen molar-refractivity contribution >= 4 is 5.91 Å². The third-order valence-corrected chi connectivity index (χ3v) is 3.19. The second-order valence-corrected chi connectivity index (χ2v) is 4.72. The van der Waals surface area contributed by atoms with Gasteiger partial charge in [0.25, 0.3) is 0 Å². The first kappa shape index (κ1) is 13.0. The number of hydrogen-bond acceptors (Lipinski definition) is 4. The summed E-state index contributed by atoms with van der Waals surface area (Å²) < 4.78 is 0. The minimum atomic E-state index is 0.0748. The normalized spacial score (nSPS) is 16.4. The van der Waals surface area contributed by atoms with E-state index in [0.29, 0.717) is 19.1 Å². The third kappa shape index (κ3) is 4.41. The lowest BCUT2D eigenvalue weighted by molar-refractivity contribution is -0.121. The van der Waals surface area contributed by atoms with Gasteiger partial charge in [-0.25, -0.2) is 0 Å². The van der Waals surface area contributed by atoms with E-state index in [-0.39, 0.29) is 5.91 Å². The molecule has 0 saturated heterocycles. The van der Waals surface area contributed by atoms with Crippen LogP contribution in [-0.4, -0.2) is 28.7 Å². The zero-order valence-electron chi connectivity index (χ0n) is 10.6. The number of nitrogens with one attached hydrogen (secondary N) is 2. The number of amides is 1. The SMILES string of the molecule is O=C(CNCc1cccnn1)NC1CCCCC1. The average molecular weight is 248 g/mol. The van der Waals surface area contributed by atoms with Crippen molar-refractivity contribution in [2.24, 2.45) is 0 Å². The monoisotopic (exact) mass is 248 g/mol. The van der Waals surface area contributed by atoms with E-state index in [4.69, 9.17) is 0 Å². The highest BCUT2D eigenvalue weighted by Crippen LogP contribution is 2.16. The maximum atomic E-state index is 11.7. The van der Waals surface area contributed by atoms with E-state index in [1.54, 1.807) is 6.20 Å². The van der Waals surface area contributed by atoms with Crippen LogP contribution < -0.4 is 10.6 Å². The largest absolute Gasteiger partial charge is 0.352 e. The maximum Gasteiger partial charge on any atom is 0.234 e. The van der Waals surface area contributed by atoms with E-state index in [0.717, 1.165) is 18.5 Å². The molecule has 5 nitrogen and oxygen atoms in total. The molecule has 1 heterocycles. The van der Waals surface area contributed by atoms with Crippen LogP contribution in [-0.2, 0) is 11.3 Å². The quantitative estimate of drug-likeness (QED) is 0.816. The summed E-state index contributed by atoms with van der Waals surface area (Å²) in [7, 11) is 0. The van der Waals surface area contributed by atoms with Crippen LogP contribution in [0.1, 0.15) is 37.8 Å². The standard InChI is InChI=1S/C13H20N4O/c18-13(16-11-5-2-1-3-6-11)10-14-9-12-7-4-8-15-17-12/h4,7-8,11,14H,1-3,5-6,9-10H2,(H,16,18). The lowest BCUT2D eigenvalue weighted by Crippen LogP contribution is -2.41. The second-order valence-electron chi connectivity index (χ2n) is 4.72. The molecule has 1 aromatic rings. The van der Waals surface area contributed by atoms with Crippen molar-refractivity contribution < 1.29 is 4.79 Å². The summed E-state index contributed by atoms with van der Waals surface area (Å²) in [4.78, 5) is 11.7. The molecule has 5 heteroatoms. The first-order valence-electron chi connectivity index (χ1n) is 6.61. The molecular weight excluding hydrogens is 228 g/mol. The van der Waals surface area contributed by atoms with E-state index in [2.05, 4.69) is 20.8 Å². The Morgan fingerprint density at radius 1 is 1.33 bits per heavy atom. The van der Waals surface area contributed by atoms with Crippen LogP contribution in [0.15, 0.2) is 18.3 Å². The van der Waals surface area contributed by atoms with Crippen molar-refractivity contribution in [3.63, 3.8) is 0 Å². The number of nitrogens with zero attached hydrogens (tertiary/aromatic N) is 2. The number of carbonyl (C=O) groups excluding carboxylic acids is 1. The molecule has 0 atom stereocenters. The minimum absolute atomic E-state index is 0.0748. The van der Waals surface area contributed by atoms with Gasteiger partial charge in [0.05, 0.1) is 12.2 Å². The highest BCUT2D eigenvalue weighted by Gasteiger charge is 2.15. The van der Waals surface area contributed by atoms with Crippen LogP contribution in [0.3, 0.4) is 0 Å². The van der Waals surface area contributed by atoms with E-state index in [9.17, 15) is 4.79 Å². The second kappa shape index (κ2) is 7.06. The topological polar surface area (TPSA) is 66.9 Å². The molecule has 98 valence electrons. The number of hydrogen-bond donors (Lipinski definition) is 2. The van der Waals surface area contributed by atoms with Crippen molar-refractivity contribution in [1.82, 2.24) is 20.8 Å². The van der Waals surface area contributed by atoms with E-state index in [1.165, 1.54) is 19.3 Å². The van der Waals surface area contributed by atoms with Gasteiger partial charge in [0.1, 0.15) is 0 Å². The molecule has 0 aliphatic heterocycles. The van der Waals surface area contributed by atoms with Gasteiger partial charge in [-0.15, -0.1) is 0 Å². The van der Waals surface area contributed by atoms with Gasteiger partial charge in [0.2, 0.25) is 5.91 Å². The average Bonchev–Trinajstić information content (AvgIpc) is 2.41. The molecular formula is C13H20N4O. The highest BCUT2D eigenvalue weighted by atomic mass is 16.1. The molecule has 0 aromatic carbocycles. The molecule has 0 radical (unpaired) electrons. The summed E-state index contributed by atoms with van der Waals surface area (Å²) in [5.41, 5.74) is 0.850. The molecule has 1 aliphatic carbocycles.